The Balaban J connectivity index is 1.36. The van der Waals surface area contributed by atoms with Gasteiger partial charge in [0.2, 0.25) is 5.91 Å². The minimum atomic E-state index is -0.0556. The molecule has 6 nitrogen and oxygen atoms in total. The van der Waals surface area contributed by atoms with Crippen molar-refractivity contribution in [1.29, 1.82) is 0 Å². The molecular weight excluding hydrogens is 384 g/mol. The van der Waals surface area contributed by atoms with Gasteiger partial charge in [-0.2, -0.15) is 0 Å². The molecule has 2 aliphatic rings. The maximum absolute atomic E-state index is 13.2. The van der Waals surface area contributed by atoms with E-state index in [0.717, 1.165) is 35.2 Å². The molecule has 4 rings (SSSR count). The summed E-state index contributed by atoms with van der Waals surface area (Å²) in [5.41, 5.74) is 1.50. The molecule has 1 aromatic carbocycles. The third kappa shape index (κ3) is 4.79. The number of fused-ring (bicyclic) bond motifs is 2. The van der Waals surface area contributed by atoms with Crippen LogP contribution in [0.3, 0.4) is 0 Å². The van der Waals surface area contributed by atoms with Gasteiger partial charge in [0.1, 0.15) is 5.03 Å². The van der Waals surface area contributed by atoms with E-state index in [1.807, 2.05) is 30.3 Å². The van der Waals surface area contributed by atoms with Crippen molar-refractivity contribution >= 4 is 29.3 Å². The summed E-state index contributed by atoms with van der Waals surface area (Å²) in [6.45, 7) is 4.40. The normalized spacial score (nSPS) is 16.3. The van der Waals surface area contributed by atoms with Crippen LogP contribution >= 0.6 is 11.8 Å². The first-order valence-corrected chi connectivity index (χ1v) is 11.1. The molecule has 2 amide bonds. The number of carbonyl (C=O) groups excluding carboxylic acids is 2. The molecule has 0 spiro atoms. The van der Waals surface area contributed by atoms with Crippen LogP contribution in [0.5, 0.6) is 0 Å². The lowest BCUT2D eigenvalue weighted by molar-refractivity contribution is -0.121. The molecule has 1 aromatic heterocycles. The molecule has 3 heterocycles. The number of anilines is 1. The van der Waals surface area contributed by atoms with Crippen LogP contribution in [0.2, 0.25) is 0 Å². The number of rotatable bonds is 7. The van der Waals surface area contributed by atoms with Crippen LogP contribution in [0.15, 0.2) is 52.5 Å². The molecule has 1 fully saturated rings. The molecule has 0 unspecified atom stereocenters. The first-order valence-electron chi connectivity index (χ1n) is 10.3. The lowest BCUT2D eigenvalue weighted by atomic mass is 10.2. The summed E-state index contributed by atoms with van der Waals surface area (Å²) in [5.74, 6) is -0.00353. The summed E-state index contributed by atoms with van der Waals surface area (Å²) < 4.78 is 0. The van der Waals surface area contributed by atoms with E-state index in [1.165, 1.54) is 24.6 Å². The predicted molar refractivity (Wildman–Crippen MR) is 114 cm³/mol. The number of nitrogens with one attached hydrogen (secondary N) is 1. The van der Waals surface area contributed by atoms with E-state index in [0.29, 0.717) is 31.5 Å². The fourth-order valence-electron chi connectivity index (χ4n) is 3.83. The van der Waals surface area contributed by atoms with Crippen LogP contribution in [0.1, 0.15) is 36.0 Å². The average molecular weight is 411 g/mol. The average Bonchev–Trinajstić information content (AvgIpc) is 3.22. The number of aromatic nitrogens is 1. The van der Waals surface area contributed by atoms with Gasteiger partial charge >= 0.3 is 0 Å². The van der Waals surface area contributed by atoms with Crippen molar-refractivity contribution in [3.63, 3.8) is 0 Å². The minimum Gasteiger partial charge on any atom is -0.355 e. The zero-order valence-electron chi connectivity index (χ0n) is 16.5. The number of pyridine rings is 1. The predicted octanol–water partition coefficient (Wildman–Crippen LogP) is 3.19. The molecule has 0 aliphatic carbocycles. The van der Waals surface area contributed by atoms with Crippen molar-refractivity contribution in [2.75, 3.05) is 37.6 Å². The Labute approximate surface area is 175 Å². The highest BCUT2D eigenvalue weighted by atomic mass is 32.2. The van der Waals surface area contributed by atoms with Gasteiger partial charge in [0.05, 0.1) is 11.3 Å². The summed E-state index contributed by atoms with van der Waals surface area (Å²) in [4.78, 5) is 34.9. The van der Waals surface area contributed by atoms with Crippen LogP contribution in [-0.4, -0.2) is 54.4 Å². The van der Waals surface area contributed by atoms with Gasteiger partial charge in [-0.1, -0.05) is 23.9 Å². The van der Waals surface area contributed by atoms with Crippen LogP contribution in [0.4, 0.5) is 5.69 Å². The van der Waals surface area contributed by atoms with Crippen molar-refractivity contribution in [2.24, 2.45) is 0 Å². The number of carbonyl (C=O) groups is 2. The molecule has 2 aliphatic heterocycles. The number of para-hydroxylation sites is 1. The highest BCUT2D eigenvalue weighted by Crippen LogP contribution is 2.40. The molecular formula is C22H26N4O2S. The molecule has 0 radical (unpaired) electrons. The topological polar surface area (TPSA) is 65.5 Å². The number of likely N-dealkylation sites (tertiary alicyclic amines) is 1. The highest BCUT2D eigenvalue weighted by molar-refractivity contribution is 7.99. The van der Waals surface area contributed by atoms with Crippen molar-refractivity contribution in [3.05, 3.63) is 48.2 Å². The van der Waals surface area contributed by atoms with Gasteiger partial charge < -0.3 is 15.1 Å². The Morgan fingerprint density at radius 1 is 1.10 bits per heavy atom. The largest absolute Gasteiger partial charge is 0.355 e. The second-order valence-corrected chi connectivity index (χ2v) is 8.42. The fourth-order valence-corrected chi connectivity index (χ4v) is 4.84. The van der Waals surface area contributed by atoms with Crippen molar-refractivity contribution in [1.82, 2.24) is 15.2 Å². The van der Waals surface area contributed by atoms with Crippen LogP contribution < -0.4 is 10.2 Å². The molecule has 152 valence electrons. The fraction of sp³-hybridized carbons (Fsp3) is 0.409. The lowest BCUT2D eigenvalue weighted by Gasteiger charge is -2.22. The summed E-state index contributed by atoms with van der Waals surface area (Å²) in [6, 6.07) is 11.5. The van der Waals surface area contributed by atoms with E-state index in [2.05, 4.69) is 15.2 Å². The third-order valence-electron chi connectivity index (χ3n) is 5.34. The Morgan fingerprint density at radius 3 is 2.79 bits per heavy atom. The first-order chi connectivity index (χ1) is 14.2. The summed E-state index contributed by atoms with van der Waals surface area (Å²) in [7, 11) is 0. The summed E-state index contributed by atoms with van der Waals surface area (Å²) >= 11 is 1.52. The standard InChI is InChI=1S/C22H26N4O2S/c27-20(23-12-16-25-13-3-4-14-25)10-6-15-26-18-8-1-2-9-19(18)29-21-17(22(26)28)7-5-11-24-21/h1-2,5,7-9,11H,3-4,6,10,12-16H2,(H,23,27). The Kier molecular flexibility index (Phi) is 6.46. The van der Waals surface area contributed by atoms with Crippen molar-refractivity contribution in [2.45, 2.75) is 35.6 Å². The SMILES string of the molecule is O=C(CCCN1C(=O)c2cccnc2Sc2ccccc21)NCCN1CCCC1. The van der Waals surface area contributed by atoms with Gasteiger partial charge in [0, 0.05) is 37.1 Å². The number of hydrogen-bond acceptors (Lipinski definition) is 5. The summed E-state index contributed by atoms with van der Waals surface area (Å²) in [5, 5.41) is 3.74. The second-order valence-electron chi connectivity index (χ2n) is 7.38. The van der Waals surface area contributed by atoms with E-state index in [4.69, 9.17) is 0 Å². The minimum absolute atomic E-state index is 0.0520. The summed E-state index contributed by atoms with van der Waals surface area (Å²) in [6.07, 6.45) is 5.27. The monoisotopic (exact) mass is 410 g/mol. The molecule has 1 N–H and O–H groups in total. The molecule has 7 heteroatoms. The van der Waals surface area contributed by atoms with Crippen molar-refractivity contribution in [3.8, 4) is 0 Å². The van der Waals surface area contributed by atoms with Crippen LogP contribution in [0, 0.1) is 0 Å². The first kappa shape index (κ1) is 19.9. The Hall–Kier alpha value is -2.38. The van der Waals surface area contributed by atoms with E-state index < -0.39 is 0 Å². The molecule has 1 saturated heterocycles. The molecule has 0 saturated carbocycles. The maximum Gasteiger partial charge on any atom is 0.261 e. The van der Waals surface area contributed by atoms with Gasteiger partial charge in [0.25, 0.3) is 5.91 Å². The second kappa shape index (κ2) is 9.41. The number of hydrogen-bond donors (Lipinski definition) is 1. The molecule has 2 aromatic rings. The smallest absolute Gasteiger partial charge is 0.261 e. The van der Waals surface area contributed by atoms with E-state index in [9.17, 15) is 9.59 Å². The van der Waals surface area contributed by atoms with Gasteiger partial charge in [-0.15, -0.1) is 0 Å². The highest BCUT2D eigenvalue weighted by Gasteiger charge is 2.27. The molecule has 29 heavy (non-hydrogen) atoms. The molecule has 0 bridgehead atoms. The van der Waals surface area contributed by atoms with Crippen LogP contribution in [0.25, 0.3) is 0 Å². The lowest BCUT2D eigenvalue weighted by Crippen LogP contribution is -2.35. The zero-order valence-corrected chi connectivity index (χ0v) is 17.3. The quantitative estimate of drug-likeness (QED) is 0.759. The van der Waals surface area contributed by atoms with Gasteiger partial charge in [0.15, 0.2) is 0 Å². The van der Waals surface area contributed by atoms with E-state index >= 15 is 0 Å². The number of benzene rings is 1. The van der Waals surface area contributed by atoms with Crippen LogP contribution in [-0.2, 0) is 4.79 Å². The third-order valence-corrected chi connectivity index (χ3v) is 6.43. The van der Waals surface area contributed by atoms with Gasteiger partial charge in [-0.25, -0.2) is 4.98 Å². The van der Waals surface area contributed by atoms with Crippen molar-refractivity contribution < 1.29 is 9.59 Å². The van der Waals surface area contributed by atoms with E-state index in [1.54, 1.807) is 17.2 Å². The molecule has 0 atom stereocenters. The Bertz CT molecular complexity index is 883. The van der Waals surface area contributed by atoms with E-state index in [-0.39, 0.29) is 11.8 Å². The number of amides is 2. The number of nitrogens with zero attached hydrogens (tertiary/aromatic N) is 3. The van der Waals surface area contributed by atoms with Gasteiger partial charge in [-0.05, 0) is 56.6 Å². The maximum atomic E-state index is 13.2. The Morgan fingerprint density at radius 2 is 1.93 bits per heavy atom. The zero-order chi connectivity index (χ0) is 20.1. The van der Waals surface area contributed by atoms with Gasteiger partial charge in [-0.3, -0.25) is 9.59 Å².